The molecular formula is C6H16Ar2OV. The fourth-order valence-corrected chi connectivity index (χ4v) is 0. The second-order valence-electron chi connectivity index (χ2n) is 0.236. The second-order valence-corrected chi connectivity index (χ2v) is 0.236. The van der Waals surface area contributed by atoms with E-state index in [-0.39, 0.29) is 94.0 Å². The van der Waals surface area contributed by atoms with E-state index < -0.39 is 0 Å². The molecule has 0 spiro atoms. The van der Waals surface area contributed by atoms with E-state index in [1.165, 1.54) is 6.92 Å². The first-order valence-electron chi connectivity index (χ1n) is 2.81. The van der Waals surface area contributed by atoms with Gasteiger partial charge in [-0.15, -0.1) is 0 Å². The molecule has 1 radical (unpaired) electrons. The number of hydrogen-bond acceptors (Lipinski definition) is 1. The van der Waals surface area contributed by atoms with Crippen molar-refractivity contribution in [1.82, 2.24) is 0 Å². The van der Waals surface area contributed by atoms with Gasteiger partial charge in [0.15, 0.2) is 0 Å². The van der Waals surface area contributed by atoms with Crippen LogP contribution in [0.4, 0.5) is 0 Å². The van der Waals surface area contributed by atoms with Crippen molar-refractivity contribution in [2.24, 2.45) is 0 Å². The van der Waals surface area contributed by atoms with Gasteiger partial charge in [-0.3, -0.25) is 0 Å². The minimum Gasteiger partial charge on any atom is -0.304 e. The smallest absolute Gasteiger partial charge is 0.116 e. The van der Waals surface area contributed by atoms with Crippen LogP contribution in [0, 0.1) is 75.5 Å². The standard InChI is InChI=1S/C2H4O.2C2H6.2Ar.V/c1-2-3;2*1-2;;;/h2H,1H3;2*1-2H3;;;. The van der Waals surface area contributed by atoms with Crippen molar-refractivity contribution in [3.8, 4) is 0 Å². The number of hydrogen-bond donors (Lipinski definition) is 0. The van der Waals surface area contributed by atoms with Gasteiger partial charge in [0.1, 0.15) is 6.29 Å². The van der Waals surface area contributed by atoms with Crippen molar-refractivity contribution in [1.29, 1.82) is 0 Å². The van der Waals surface area contributed by atoms with Crippen molar-refractivity contribution in [2.45, 2.75) is 34.6 Å². The van der Waals surface area contributed by atoms with E-state index in [0.29, 0.717) is 0 Å². The largest absolute Gasteiger partial charge is 0.304 e. The summed E-state index contributed by atoms with van der Waals surface area (Å²) in [6.45, 7) is 9.44. The molecule has 0 rings (SSSR count). The molecule has 0 aliphatic rings. The van der Waals surface area contributed by atoms with Crippen LogP contribution < -0.4 is 0 Å². The normalized spacial score (nSPS) is 2.50. The zero-order chi connectivity index (χ0) is 6.71. The molecule has 0 atom stereocenters. The van der Waals surface area contributed by atoms with E-state index in [1.54, 1.807) is 0 Å². The first-order valence-corrected chi connectivity index (χ1v) is 2.81. The molecule has 0 saturated heterocycles. The van der Waals surface area contributed by atoms with Gasteiger partial charge in [-0.2, -0.15) is 0 Å². The molecule has 0 unspecified atom stereocenters. The van der Waals surface area contributed by atoms with E-state index in [2.05, 4.69) is 0 Å². The fourth-order valence-electron chi connectivity index (χ4n) is 0. The predicted molar refractivity (Wildman–Crippen MR) is 34.4 cm³/mol. The maximum atomic E-state index is 8.81. The third-order valence-electron chi connectivity index (χ3n) is 0. The average Bonchev–Trinajstić information content (AvgIpc) is 1.78. The van der Waals surface area contributed by atoms with Crippen molar-refractivity contribution in [3.63, 3.8) is 0 Å². The van der Waals surface area contributed by atoms with E-state index in [9.17, 15) is 0 Å². The van der Waals surface area contributed by atoms with Gasteiger partial charge >= 0.3 is 0 Å². The van der Waals surface area contributed by atoms with E-state index in [4.69, 9.17) is 4.79 Å². The Balaban J connectivity index is -0.00000000536. The third-order valence-corrected chi connectivity index (χ3v) is 0. The zero-order valence-corrected chi connectivity index (χ0v) is 9.95. The number of aldehydes is 1. The Hall–Kier alpha value is 2.77. The van der Waals surface area contributed by atoms with Gasteiger partial charge in [-0.25, -0.2) is 0 Å². The first kappa shape index (κ1) is 38.6. The van der Waals surface area contributed by atoms with Gasteiger partial charge in [0.25, 0.3) is 0 Å². The summed E-state index contributed by atoms with van der Waals surface area (Å²) in [7, 11) is 0. The molecule has 0 aromatic rings. The summed E-state index contributed by atoms with van der Waals surface area (Å²) in [6.07, 6.45) is 0.750. The minimum atomic E-state index is 0. The molecule has 0 aliphatic carbocycles. The topological polar surface area (TPSA) is 17.1 Å². The molecule has 0 fully saturated rings. The molecule has 0 aliphatic heterocycles. The number of carbonyl (C=O) groups is 1. The molecule has 10 heavy (non-hydrogen) atoms. The molecule has 67 valence electrons. The molecule has 4 heteroatoms. The van der Waals surface area contributed by atoms with Crippen LogP contribution in [0.3, 0.4) is 0 Å². The molecule has 0 bridgehead atoms. The Kier molecular flexibility index (Phi) is 370. The fraction of sp³-hybridized carbons (Fsp3) is 0.833. The van der Waals surface area contributed by atoms with Gasteiger partial charge < -0.3 is 4.79 Å². The molecule has 1 nitrogen and oxygen atoms in total. The third kappa shape index (κ3) is 134. The van der Waals surface area contributed by atoms with Gasteiger partial charge in [0.2, 0.25) is 0 Å². The maximum absolute atomic E-state index is 8.81. The van der Waals surface area contributed by atoms with Gasteiger partial charge in [-0.05, 0) is 6.92 Å². The Morgan fingerprint density at radius 2 is 0.900 bits per heavy atom. The molecular weight excluding hydrogens is 219 g/mol. The first-order chi connectivity index (χ1) is 3.41. The second kappa shape index (κ2) is 96.0. The summed E-state index contributed by atoms with van der Waals surface area (Å²) in [6, 6.07) is 0. The van der Waals surface area contributed by atoms with Crippen LogP contribution in [0.25, 0.3) is 0 Å². The molecule has 0 saturated carbocycles. The summed E-state index contributed by atoms with van der Waals surface area (Å²) in [5, 5.41) is 0. The summed E-state index contributed by atoms with van der Waals surface area (Å²) in [5.74, 6) is 0. The van der Waals surface area contributed by atoms with Crippen molar-refractivity contribution >= 4 is 6.29 Å². The van der Waals surface area contributed by atoms with E-state index >= 15 is 0 Å². The predicted octanol–water partition coefficient (Wildman–Crippen LogP) is 2.26. The van der Waals surface area contributed by atoms with Crippen LogP contribution in [0.5, 0.6) is 0 Å². The molecule has 0 aromatic heterocycles. The SMILES string of the molecule is CC.CC.CC=O.[Ar].[Ar].[V]. The summed E-state index contributed by atoms with van der Waals surface area (Å²) < 4.78 is 0. The Bertz CT molecular complexity index is 23.2. The molecule has 0 N–H and O–H groups in total. The number of carbonyl (C=O) groups excluding carboxylic acids is 1. The van der Waals surface area contributed by atoms with Crippen LogP contribution in [-0.2, 0) is 23.4 Å². The summed E-state index contributed by atoms with van der Waals surface area (Å²) >= 11 is 0. The summed E-state index contributed by atoms with van der Waals surface area (Å²) in [5.41, 5.74) is 0. The average molecular weight is 235 g/mol. The summed E-state index contributed by atoms with van der Waals surface area (Å²) in [4.78, 5) is 8.81. The zero-order valence-electron chi connectivity index (χ0n) is 7.14. The molecule has 0 amide bonds. The minimum absolute atomic E-state index is 0. The van der Waals surface area contributed by atoms with Crippen molar-refractivity contribution in [2.75, 3.05) is 0 Å². The molecule has 0 aromatic carbocycles. The monoisotopic (exact) mass is 235 g/mol. The van der Waals surface area contributed by atoms with Gasteiger partial charge in [-0.1, -0.05) is 27.7 Å². The Morgan fingerprint density at radius 1 is 0.900 bits per heavy atom. The van der Waals surface area contributed by atoms with Gasteiger partial charge in [0, 0.05) is 94.0 Å². The number of rotatable bonds is 0. The van der Waals surface area contributed by atoms with E-state index in [0.717, 1.165) is 6.29 Å². The maximum Gasteiger partial charge on any atom is 0.116 e. The quantitative estimate of drug-likeness (QED) is 0.588. The van der Waals surface area contributed by atoms with Crippen molar-refractivity contribution in [3.05, 3.63) is 0 Å². The molecule has 0 heterocycles. The Labute approximate surface area is 137 Å². The van der Waals surface area contributed by atoms with Crippen LogP contribution in [0.15, 0.2) is 0 Å². The Morgan fingerprint density at radius 3 is 0.900 bits per heavy atom. The van der Waals surface area contributed by atoms with Crippen LogP contribution in [0.1, 0.15) is 34.6 Å². The van der Waals surface area contributed by atoms with Crippen LogP contribution in [-0.4, -0.2) is 6.29 Å². The van der Waals surface area contributed by atoms with E-state index in [1.807, 2.05) is 27.7 Å². The van der Waals surface area contributed by atoms with Crippen molar-refractivity contribution < 1.29 is 98.8 Å². The van der Waals surface area contributed by atoms with Crippen LogP contribution in [0.2, 0.25) is 0 Å². The van der Waals surface area contributed by atoms with Gasteiger partial charge in [0.05, 0.1) is 0 Å². The van der Waals surface area contributed by atoms with Crippen LogP contribution >= 0.6 is 0 Å².